The molecule has 0 saturated carbocycles. The lowest BCUT2D eigenvalue weighted by Gasteiger charge is -2.23. The van der Waals surface area contributed by atoms with Crippen molar-refractivity contribution in [3.8, 4) is 0 Å². The van der Waals surface area contributed by atoms with E-state index in [2.05, 4.69) is 10.0 Å². The molecule has 1 atom stereocenters. The standard InChI is InChI=1S/C11H15ClN2O3S/c12-9-1-3-11(4-2-9)18(15,16)14-8-10-7-13-5-6-17-10/h1-4,10,13-14H,5-8H2. The Labute approximate surface area is 112 Å². The monoisotopic (exact) mass is 290 g/mol. The molecular formula is C11H15ClN2O3S. The van der Waals surface area contributed by atoms with Crippen LogP contribution in [0, 0.1) is 0 Å². The Morgan fingerprint density at radius 1 is 1.39 bits per heavy atom. The van der Waals surface area contributed by atoms with Crippen LogP contribution in [-0.2, 0) is 14.8 Å². The molecule has 2 N–H and O–H groups in total. The number of ether oxygens (including phenoxy) is 1. The predicted octanol–water partition coefficient (Wildman–Crippen LogP) is 0.607. The fourth-order valence-corrected chi connectivity index (χ4v) is 2.84. The first kappa shape index (κ1) is 13.8. The molecule has 0 amide bonds. The van der Waals surface area contributed by atoms with Crippen molar-refractivity contribution in [2.24, 2.45) is 0 Å². The average molecular weight is 291 g/mol. The van der Waals surface area contributed by atoms with E-state index in [0.29, 0.717) is 18.2 Å². The van der Waals surface area contributed by atoms with Crippen molar-refractivity contribution in [1.82, 2.24) is 10.0 Å². The molecule has 1 saturated heterocycles. The lowest BCUT2D eigenvalue weighted by atomic mass is 10.3. The van der Waals surface area contributed by atoms with Gasteiger partial charge in [-0.15, -0.1) is 0 Å². The molecule has 1 unspecified atom stereocenters. The maximum absolute atomic E-state index is 12.0. The van der Waals surface area contributed by atoms with Gasteiger partial charge in [-0.05, 0) is 24.3 Å². The summed E-state index contributed by atoms with van der Waals surface area (Å²) in [6.45, 7) is 2.33. The molecule has 0 radical (unpaired) electrons. The summed E-state index contributed by atoms with van der Waals surface area (Å²) >= 11 is 5.72. The number of morpholine rings is 1. The van der Waals surface area contributed by atoms with E-state index in [4.69, 9.17) is 16.3 Å². The first-order valence-corrected chi connectivity index (χ1v) is 7.51. The van der Waals surface area contributed by atoms with Gasteiger partial charge in [-0.2, -0.15) is 0 Å². The molecule has 7 heteroatoms. The molecule has 1 aliphatic heterocycles. The van der Waals surface area contributed by atoms with Crippen LogP contribution >= 0.6 is 11.6 Å². The van der Waals surface area contributed by atoms with Gasteiger partial charge < -0.3 is 10.1 Å². The Balaban J connectivity index is 1.96. The highest BCUT2D eigenvalue weighted by Gasteiger charge is 2.18. The van der Waals surface area contributed by atoms with E-state index >= 15 is 0 Å². The summed E-state index contributed by atoms with van der Waals surface area (Å²) in [6.07, 6.45) is -0.124. The Bertz CT molecular complexity index is 484. The molecule has 1 heterocycles. The van der Waals surface area contributed by atoms with Crippen LogP contribution in [0.15, 0.2) is 29.2 Å². The number of nitrogens with one attached hydrogen (secondary N) is 2. The van der Waals surface area contributed by atoms with Crippen molar-refractivity contribution in [3.05, 3.63) is 29.3 Å². The van der Waals surface area contributed by atoms with Gasteiger partial charge in [0.25, 0.3) is 0 Å². The second-order valence-corrected chi connectivity index (χ2v) is 6.21. The lowest BCUT2D eigenvalue weighted by molar-refractivity contribution is 0.0324. The molecular weight excluding hydrogens is 276 g/mol. The van der Waals surface area contributed by atoms with Crippen LogP contribution in [0.2, 0.25) is 5.02 Å². The van der Waals surface area contributed by atoms with Crippen LogP contribution in [0.1, 0.15) is 0 Å². The Morgan fingerprint density at radius 3 is 2.72 bits per heavy atom. The Hall–Kier alpha value is -0.660. The quantitative estimate of drug-likeness (QED) is 0.852. The van der Waals surface area contributed by atoms with Gasteiger partial charge in [0.2, 0.25) is 10.0 Å². The third kappa shape index (κ3) is 3.66. The molecule has 18 heavy (non-hydrogen) atoms. The van der Waals surface area contributed by atoms with Crippen molar-refractivity contribution in [3.63, 3.8) is 0 Å². The van der Waals surface area contributed by atoms with Crippen LogP contribution in [0.4, 0.5) is 0 Å². The number of halogens is 1. The van der Waals surface area contributed by atoms with Crippen molar-refractivity contribution >= 4 is 21.6 Å². The fourth-order valence-electron chi connectivity index (χ4n) is 1.65. The fraction of sp³-hybridized carbons (Fsp3) is 0.455. The smallest absolute Gasteiger partial charge is 0.240 e. The van der Waals surface area contributed by atoms with Crippen molar-refractivity contribution < 1.29 is 13.2 Å². The van der Waals surface area contributed by atoms with Crippen LogP contribution in [0.3, 0.4) is 0 Å². The summed E-state index contributed by atoms with van der Waals surface area (Å²) in [5, 5.41) is 3.65. The van der Waals surface area contributed by atoms with E-state index in [-0.39, 0.29) is 17.5 Å². The van der Waals surface area contributed by atoms with Gasteiger partial charge in [-0.1, -0.05) is 11.6 Å². The second-order valence-electron chi connectivity index (χ2n) is 4.00. The Morgan fingerprint density at radius 2 is 2.11 bits per heavy atom. The van der Waals surface area contributed by atoms with E-state index in [9.17, 15) is 8.42 Å². The van der Waals surface area contributed by atoms with Gasteiger partial charge in [0, 0.05) is 24.7 Å². The molecule has 1 fully saturated rings. The van der Waals surface area contributed by atoms with Crippen molar-refractivity contribution in [2.45, 2.75) is 11.0 Å². The molecule has 5 nitrogen and oxygen atoms in total. The molecule has 1 aromatic carbocycles. The van der Waals surface area contributed by atoms with Crippen LogP contribution in [0.25, 0.3) is 0 Å². The van der Waals surface area contributed by atoms with E-state index in [1.807, 2.05) is 0 Å². The zero-order valence-corrected chi connectivity index (χ0v) is 11.3. The van der Waals surface area contributed by atoms with Crippen molar-refractivity contribution in [2.75, 3.05) is 26.2 Å². The molecule has 1 aromatic rings. The Kier molecular flexibility index (Phi) is 4.58. The number of sulfonamides is 1. The highest BCUT2D eigenvalue weighted by atomic mass is 35.5. The lowest BCUT2D eigenvalue weighted by Crippen LogP contribution is -2.45. The molecule has 0 bridgehead atoms. The predicted molar refractivity (Wildman–Crippen MR) is 69.3 cm³/mol. The zero-order valence-electron chi connectivity index (χ0n) is 9.73. The summed E-state index contributed by atoms with van der Waals surface area (Å²) in [5.41, 5.74) is 0. The van der Waals surface area contributed by atoms with Gasteiger partial charge in [0.15, 0.2) is 0 Å². The first-order chi connectivity index (χ1) is 8.58. The van der Waals surface area contributed by atoms with Gasteiger partial charge >= 0.3 is 0 Å². The molecule has 2 rings (SSSR count). The van der Waals surface area contributed by atoms with Crippen LogP contribution < -0.4 is 10.0 Å². The highest BCUT2D eigenvalue weighted by Crippen LogP contribution is 2.13. The third-order valence-electron chi connectivity index (χ3n) is 2.63. The summed E-state index contributed by atoms with van der Waals surface area (Å²) in [6, 6.07) is 6.05. The maximum Gasteiger partial charge on any atom is 0.240 e. The van der Waals surface area contributed by atoms with E-state index in [1.165, 1.54) is 12.1 Å². The second kappa shape index (κ2) is 5.99. The summed E-state index contributed by atoms with van der Waals surface area (Å²) < 4.78 is 31.9. The normalized spacial score (nSPS) is 20.8. The number of benzene rings is 1. The number of hydrogen-bond acceptors (Lipinski definition) is 4. The number of rotatable bonds is 4. The summed E-state index contributed by atoms with van der Waals surface area (Å²) in [5.74, 6) is 0. The van der Waals surface area contributed by atoms with Crippen LogP contribution in [-0.4, -0.2) is 40.8 Å². The van der Waals surface area contributed by atoms with Gasteiger partial charge in [0.1, 0.15) is 0 Å². The average Bonchev–Trinajstić information content (AvgIpc) is 2.38. The van der Waals surface area contributed by atoms with Gasteiger partial charge in [-0.25, -0.2) is 13.1 Å². The third-order valence-corrected chi connectivity index (χ3v) is 4.32. The van der Waals surface area contributed by atoms with E-state index in [1.54, 1.807) is 12.1 Å². The van der Waals surface area contributed by atoms with E-state index in [0.717, 1.165) is 6.54 Å². The molecule has 0 aromatic heterocycles. The topological polar surface area (TPSA) is 67.4 Å². The largest absolute Gasteiger partial charge is 0.374 e. The van der Waals surface area contributed by atoms with Gasteiger partial charge in [0.05, 0.1) is 17.6 Å². The molecule has 0 spiro atoms. The summed E-state index contributed by atoms with van der Waals surface area (Å²) in [4.78, 5) is 0.204. The SMILES string of the molecule is O=S(=O)(NCC1CNCCO1)c1ccc(Cl)cc1. The van der Waals surface area contributed by atoms with Crippen LogP contribution in [0.5, 0.6) is 0 Å². The zero-order chi connectivity index (χ0) is 13.0. The highest BCUT2D eigenvalue weighted by molar-refractivity contribution is 7.89. The molecule has 100 valence electrons. The summed E-state index contributed by atoms with van der Waals surface area (Å²) in [7, 11) is -3.49. The first-order valence-electron chi connectivity index (χ1n) is 5.65. The number of hydrogen-bond donors (Lipinski definition) is 2. The van der Waals surface area contributed by atoms with Gasteiger partial charge in [-0.3, -0.25) is 0 Å². The minimum atomic E-state index is -3.49. The molecule has 0 aliphatic carbocycles. The van der Waals surface area contributed by atoms with Crippen molar-refractivity contribution in [1.29, 1.82) is 0 Å². The molecule has 1 aliphatic rings. The minimum absolute atomic E-state index is 0.124. The maximum atomic E-state index is 12.0. The minimum Gasteiger partial charge on any atom is -0.374 e. The van der Waals surface area contributed by atoms with E-state index < -0.39 is 10.0 Å².